The maximum Gasteiger partial charge on any atom is 0.339 e. The van der Waals surface area contributed by atoms with E-state index in [1.165, 1.54) is 23.5 Å². The summed E-state index contributed by atoms with van der Waals surface area (Å²) < 4.78 is 33.7. The number of para-hydroxylation sites is 1. The average molecular weight is 491 g/mol. The smallest absolute Gasteiger partial charge is 0.339 e. The molecule has 0 radical (unpaired) electrons. The molecule has 1 N–H and O–H groups in total. The van der Waals surface area contributed by atoms with Gasteiger partial charge in [0.2, 0.25) is 10.0 Å². The third-order valence-electron chi connectivity index (χ3n) is 5.91. The summed E-state index contributed by atoms with van der Waals surface area (Å²) in [7, 11) is -2.95. The number of ether oxygens (including phenoxy) is 1. The Kier molecular flexibility index (Phi) is 7.14. The van der Waals surface area contributed by atoms with Gasteiger partial charge in [-0.15, -0.1) is 0 Å². The number of rotatable bonds is 8. The number of nitrogens with zero attached hydrogens (tertiary/aromatic N) is 1. The first-order valence-electron chi connectivity index (χ1n) is 11.1. The molecule has 0 amide bonds. The van der Waals surface area contributed by atoms with E-state index in [1.54, 1.807) is 18.2 Å². The Bertz CT molecular complexity index is 1530. The van der Waals surface area contributed by atoms with Crippen molar-refractivity contribution in [2.75, 3.05) is 13.7 Å². The van der Waals surface area contributed by atoms with Gasteiger partial charge in [-0.3, -0.25) is 4.79 Å². The van der Waals surface area contributed by atoms with E-state index in [1.807, 2.05) is 55.5 Å². The molecule has 0 fully saturated rings. The van der Waals surface area contributed by atoms with Gasteiger partial charge in [-0.25, -0.2) is 13.2 Å². The van der Waals surface area contributed by atoms with Gasteiger partial charge in [-0.2, -0.15) is 4.31 Å². The fraction of sp³-hybridized carbons (Fsp3) is 0.185. The van der Waals surface area contributed by atoms with Crippen molar-refractivity contribution in [2.45, 2.75) is 24.8 Å². The average Bonchev–Trinajstić information content (AvgIpc) is 2.87. The molecule has 0 aliphatic carbocycles. The molecule has 0 aliphatic rings. The van der Waals surface area contributed by atoms with Gasteiger partial charge >= 0.3 is 5.97 Å². The summed E-state index contributed by atoms with van der Waals surface area (Å²) in [5.41, 5.74) is 2.51. The van der Waals surface area contributed by atoms with Gasteiger partial charge in [0.1, 0.15) is 0 Å². The first-order chi connectivity index (χ1) is 16.8. The number of hydrogen-bond donors (Lipinski definition) is 1. The molecule has 7 nitrogen and oxygen atoms in total. The molecule has 0 aliphatic heterocycles. The standard InChI is InChI=1S/C27H26N2O5S/c1-19-9-8-12-21-17-22(26(30)28-25(19)21)18-29(16-15-20-10-4-3-5-11-20)35(32,33)24-14-7-6-13-23(24)27(31)34-2/h3-14,17H,15-16,18H2,1-2H3,(H,28,30). The number of aromatic amines is 1. The van der Waals surface area contributed by atoms with Crippen LogP contribution in [0.25, 0.3) is 10.9 Å². The molecule has 0 spiro atoms. The summed E-state index contributed by atoms with van der Waals surface area (Å²) >= 11 is 0. The molecule has 1 heterocycles. The summed E-state index contributed by atoms with van der Waals surface area (Å²) in [6.45, 7) is 1.87. The van der Waals surface area contributed by atoms with Gasteiger partial charge in [0, 0.05) is 18.7 Å². The predicted octanol–water partition coefficient (Wildman–Crippen LogP) is 4.06. The van der Waals surface area contributed by atoms with Gasteiger partial charge in [0.15, 0.2) is 0 Å². The highest BCUT2D eigenvalue weighted by Gasteiger charge is 2.30. The Hall–Kier alpha value is -3.75. The van der Waals surface area contributed by atoms with E-state index in [2.05, 4.69) is 4.98 Å². The number of pyridine rings is 1. The van der Waals surface area contributed by atoms with Crippen molar-refractivity contribution in [2.24, 2.45) is 0 Å². The topological polar surface area (TPSA) is 96.5 Å². The minimum absolute atomic E-state index is 0.0530. The number of sulfonamides is 1. The number of methoxy groups -OCH3 is 1. The molecule has 4 rings (SSSR count). The Morgan fingerprint density at radius 3 is 2.43 bits per heavy atom. The normalized spacial score (nSPS) is 11.6. The van der Waals surface area contributed by atoms with E-state index in [0.29, 0.717) is 12.0 Å². The maximum absolute atomic E-state index is 13.8. The number of H-pyrrole nitrogens is 1. The van der Waals surface area contributed by atoms with Crippen LogP contribution in [0.1, 0.15) is 27.0 Å². The number of fused-ring (bicyclic) bond motifs is 1. The Morgan fingerprint density at radius 1 is 0.971 bits per heavy atom. The molecule has 4 aromatic rings. The number of esters is 1. The minimum Gasteiger partial charge on any atom is -0.465 e. The molecule has 0 bridgehead atoms. The fourth-order valence-electron chi connectivity index (χ4n) is 4.03. The summed E-state index contributed by atoms with van der Waals surface area (Å²) in [6, 6.07) is 22.8. The van der Waals surface area contributed by atoms with E-state index < -0.39 is 16.0 Å². The number of aryl methyl sites for hydroxylation is 1. The van der Waals surface area contributed by atoms with Crippen LogP contribution in [0.15, 0.2) is 88.6 Å². The molecule has 0 saturated heterocycles. The molecule has 0 atom stereocenters. The van der Waals surface area contributed by atoms with Crippen LogP contribution in [-0.4, -0.2) is 37.3 Å². The van der Waals surface area contributed by atoms with Crippen LogP contribution in [-0.2, 0) is 27.7 Å². The minimum atomic E-state index is -4.15. The molecule has 35 heavy (non-hydrogen) atoms. The Labute approximate surface area is 204 Å². The van der Waals surface area contributed by atoms with Crippen LogP contribution < -0.4 is 5.56 Å². The number of carbonyl (C=O) groups excluding carboxylic acids is 1. The van der Waals surface area contributed by atoms with E-state index in [0.717, 1.165) is 22.0 Å². The molecular weight excluding hydrogens is 464 g/mol. The SMILES string of the molecule is COC(=O)c1ccccc1S(=O)(=O)N(CCc1ccccc1)Cc1cc2cccc(C)c2[nH]c1=O. The maximum atomic E-state index is 13.8. The summed E-state index contributed by atoms with van der Waals surface area (Å²) in [6.07, 6.45) is 0.436. The predicted molar refractivity (Wildman–Crippen MR) is 135 cm³/mol. The third kappa shape index (κ3) is 5.18. The molecule has 1 aromatic heterocycles. The Balaban J connectivity index is 1.78. The van der Waals surface area contributed by atoms with Crippen molar-refractivity contribution in [3.8, 4) is 0 Å². The first-order valence-corrected chi connectivity index (χ1v) is 12.6. The van der Waals surface area contributed by atoms with E-state index in [4.69, 9.17) is 4.74 Å². The zero-order valence-corrected chi connectivity index (χ0v) is 20.3. The third-order valence-corrected chi connectivity index (χ3v) is 7.82. The summed E-state index contributed by atoms with van der Waals surface area (Å²) in [5.74, 6) is -0.744. The molecule has 0 saturated carbocycles. The van der Waals surface area contributed by atoms with Crippen molar-refractivity contribution in [1.29, 1.82) is 0 Å². The first kappa shape index (κ1) is 24.4. The van der Waals surface area contributed by atoms with Crippen LogP contribution in [0.3, 0.4) is 0 Å². The van der Waals surface area contributed by atoms with Crippen molar-refractivity contribution in [3.63, 3.8) is 0 Å². The van der Waals surface area contributed by atoms with E-state index in [9.17, 15) is 18.0 Å². The highest BCUT2D eigenvalue weighted by molar-refractivity contribution is 7.89. The van der Waals surface area contributed by atoms with E-state index >= 15 is 0 Å². The van der Waals surface area contributed by atoms with Crippen LogP contribution in [0.4, 0.5) is 0 Å². The van der Waals surface area contributed by atoms with Crippen molar-refractivity contribution < 1.29 is 17.9 Å². The molecule has 8 heteroatoms. The lowest BCUT2D eigenvalue weighted by Crippen LogP contribution is -2.35. The lowest BCUT2D eigenvalue weighted by molar-refractivity contribution is 0.0596. The van der Waals surface area contributed by atoms with Crippen LogP contribution in [0.5, 0.6) is 0 Å². The second kappa shape index (κ2) is 10.2. The quantitative estimate of drug-likeness (QED) is 0.376. The van der Waals surface area contributed by atoms with Crippen molar-refractivity contribution in [3.05, 3.63) is 111 Å². The molecule has 0 unspecified atom stereocenters. The Morgan fingerprint density at radius 2 is 1.69 bits per heavy atom. The second-order valence-corrected chi connectivity index (χ2v) is 10.1. The van der Waals surface area contributed by atoms with Crippen LogP contribution in [0.2, 0.25) is 0 Å². The monoisotopic (exact) mass is 490 g/mol. The largest absolute Gasteiger partial charge is 0.465 e. The van der Waals surface area contributed by atoms with Gasteiger partial charge in [-0.05, 0) is 48.1 Å². The van der Waals surface area contributed by atoms with Crippen molar-refractivity contribution in [1.82, 2.24) is 9.29 Å². The van der Waals surface area contributed by atoms with Gasteiger partial charge in [-0.1, -0.05) is 60.7 Å². The van der Waals surface area contributed by atoms with Crippen molar-refractivity contribution >= 4 is 26.9 Å². The summed E-state index contributed by atoms with van der Waals surface area (Å²) in [4.78, 5) is 28.0. The highest BCUT2D eigenvalue weighted by atomic mass is 32.2. The fourth-order valence-corrected chi connectivity index (χ4v) is 5.63. The molecular formula is C27H26N2O5S. The zero-order valence-electron chi connectivity index (χ0n) is 19.5. The van der Waals surface area contributed by atoms with Crippen LogP contribution in [0, 0.1) is 6.92 Å². The van der Waals surface area contributed by atoms with Crippen LogP contribution >= 0.6 is 0 Å². The molecule has 3 aromatic carbocycles. The zero-order chi connectivity index (χ0) is 25.0. The number of aromatic nitrogens is 1. The van der Waals surface area contributed by atoms with Gasteiger partial charge in [0.25, 0.3) is 5.56 Å². The number of hydrogen-bond acceptors (Lipinski definition) is 5. The summed E-state index contributed by atoms with van der Waals surface area (Å²) in [5, 5.41) is 0.815. The second-order valence-electron chi connectivity index (χ2n) is 8.22. The van der Waals surface area contributed by atoms with Gasteiger partial charge in [0.05, 0.1) is 23.1 Å². The highest BCUT2D eigenvalue weighted by Crippen LogP contribution is 2.24. The van der Waals surface area contributed by atoms with E-state index in [-0.39, 0.29) is 29.1 Å². The lowest BCUT2D eigenvalue weighted by Gasteiger charge is -2.23. The molecule has 180 valence electrons. The number of nitrogens with one attached hydrogen (secondary N) is 1. The number of benzene rings is 3. The number of carbonyl (C=O) groups is 1. The lowest BCUT2D eigenvalue weighted by atomic mass is 10.1. The van der Waals surface area contributed by atoms with Gasteiger partial charge < -0.3 is 9.72 Å².